The Kier molecular flexibility index (Phi) is 5.24. The van der Waals surface area contributed by atoms with Crippen LogP contribution in [-0.2, 0) is 4.74 Å². The van der Waals surface area contributed by atoms with Gasteiger partial charge in [-0.15, -0.1) is 0 Å². The molecule has 0 saturated heterocycles. The molecule has 2 aromatic rings. The highest BCUT2D eigenvalue weighted by Gasteiger charge is 2.33. The number of aromatic nitrogens is 4. The number of hydrogen-bond acceptors (Lipinski definition) is 6. The van der Waals surface area contributed by atoms with Gasteiger partial charge < -0.3 is 14.4 Å². The van der Waals surface area contributed by atoms with Crippen LogP contribution in [0.4, 0.5) is 10.3 Å². The molecule has 0 radical (unpaired) electrons. The zero-order valence-corrected chi connectivity index (χ0v) is 13.9. The predicted molar refractivity (Wildman–Crippen MR) is 86.6 cm³/mol. The Morgan fingerprint density at radius 3 is 2.75 bits per heavy atom. The van der Waals surface area contributed by atoms with Crippen LogP contribution in [-0.4, -0.2) is 54.1 Å². The number of halogens is 1. The molecule has 24 heavy (non-hydrogen) atoms. The van der Waals surface area contributed by atoms with Crippen LogP contribution < -0.4 is 9.64 Å². The lowest BCUT2D eigenvalue weighted by atomic mass is 9.81. The maximum Gasteiger partial charge on any atom is 0.245 e. The first-order chi connectivity index (χ1) is 11.7. The molecule has 1 aliphatic rings. The van der Waals surface area contributed by atoms with Gasteiger partial charge in [-0.25, -0.2) is 9.07 Å². The summed E-state index contributed by atoms with van der Waals surface area (Å²) in [5, 5.41) is 12.0. The standard InChI is InChI=1S/C16H22FN5O2/c1-21(7-8-24-15-5-3-13(17)4-6-15)16-18-19-20-22(16)14-9-12(10-14)11-23-2/h3-6,12,14H,7-11H2,1-2H3. The molecule has 0 aliphatic heterocycles. The minimum atomic E-state index is -0.272. The average Bonchev–Trinajstić information content (AvgIpc) is 3.01. The van der Waals surface area contributed by atoms with Crippen LogP contribution in [0.25, 0.3) is 0 Å². The van der Waals surface area contributed by atoms with Crippen molar-refractivity contribution < 1.29 is 13.9 Å². The summed E-state index contributed by atoms with van der Waals surface area (Å²) in [6.07, 6.45) is 2.07. The summed E-state index contributed by atoms with van der Waals surface area (Å²) in [7, 11) is 3.66. The minimum absolute atomic E-state index is 0.272. The van der Waals surface area contributed by atoms with E-state index in [0.29, 0.717) is 30.9 Å². The molecule has 3 rings (SSSR count). The van der Waals surface area contributed by atoms with Crippen molar-refractivity contribution in [3.8, 4) is 5.75 Å². The Hall–Kier alpha value is -2.22. The highest BCUT2D eigenvalue weighted by atomic mass is 19.1. The molecular weight excluding hydrogens is 313 g/mol. The summed E-state index contributed by atoms with van der Waals surface area (Å²) < 4.78 is 25.5. The van der Waals surface area contributed by atoms with Gasteiger partial charge in [0.1, 0.15) is 18.2 Å². The van der Waals surface area contributed by atoms with Gasteiger partial charge in [0.25, 0.3) is 0 Å². The number of benzene rings is 1. The summed E-state index contributed by atoms with van der Waals surface area (Å²) in [6.45, 7) is 1.88. The maximum atomic E-state index is 12.9. The Morgan fingerprint density at radius 1 is 1.29 bits per heavy atom. The molecule has 1 fully saturated rings. The van der Waals surface area contributed by atoms with Crippen LogP contribution in [0.15, 0.2) is 24.3 Å². The molecule has 0 atom stereocenters. The predicted octanol–water partition coefficient (Wildman–Crippen LogP) is 1.92. The quantitative estimate of drug-likeness (QED) is 0.734. The normalized spacial score (nSPS) is 19.8. The zero-order chi connectivity index (χ0) is 16.9. The number of nitrogens with zero attached hydrogens (tertiary/aromatic N) is 5. The van der Waals surface area contributed by atoms with Crippen LogP contribution >= 0.6 is 0 Å². The van der Waals surface area contributed by atoms with E-state index < -0.39 is 0 Å². The summed E-state index contributed by atoms with van der Waals surface area (Å²) >= 11 is 0. The molecular formula is C16H22FN5O2. The van der Waals surface area contributed by atoms with E-state index in [0.717, 1.165) is 25.4 Å². The van der Waals surface area contributed by atoms with E-state index in [-0.39, 0.29) is 5.82 Å². The third kappa shape index (κ3) is 3.81. The van der Waals surface area contributed by atoms with Gasteiger partial charge in [-0.1, -0.05) is 5.10 Å². The third-order valence-electron chi connectivity index (χ3n) is 4.28. The molecule has 8 heteroatoms. The highest BCUT2D eigenvalue weighted by molar-refractivity contribution is 5.27. The molecule has 1 aliphatic carbocycles. The van der Waals surface area contributed by atoms with Crippen molar-refractivity contribution >= 4 is 5.95 Å². The molecule has 0 bridgehead atoms. The summed E-state index contributed by atoms with van der Waals surface area (Å²) in [5.41, 5.74) is 0. The van der Waals surface area contributed by atoms with Crippen molar-refractivity contribution in [1.82, 2.24) is 20.2 Å². The maximum absolute atomic E-state index is 12.9. The monoisotopic (exact) mass is 335 g/mol. The Bertz CT molecular complexity index is 642. The average molecular weight is 335 g/mol. The van der Waals surface area contributed by atoms with E-state index in [2.05, 4.69) is 15.5 Å². The van der Waals surface area contributed by atoms with Gasteiger partial charge in [-0.2, -0.15) is 0 Å². The van der Waals surface area contributed by atoms with Crippen LogP contribution in [0.2, 0.25) is 0 Å². The number of hydrogen-bond donors (Lipinski definition) is 0. The molecule has 130 valence electrons. The molecule has 1 aromatic carbocycles. The van der Waals surface area contributed by atoms with Crippen molar-refractivity contribution in [2.45, 2.75) is 18.9 Å². The third-order valence-corrected chi connectivity index (χ3v) is 4.28. The molecule has 1 saturated carbocycles. The van der Waals surface area contributed by atoms with Gasteiger partial charge in [-0.05, 0) is 53.5 Å². The molecule has 1 aromatic heterocycles. The fourth-order valence-electron chi connectivity index (χ4n) is 2.88. The van der Waals surface area contributed by atoms with Gasteiger partial charge in [0, 0.05) is 20.8 Å². The van der Waals surface area contributed by atoms with Gasteiger partial charge in [0.15, 0.2) is 0 Å². The van der Waals surface area contributed by atoms with Crippen molar-refractivity contribution in [3.63, 3.8) is 0 Å². The molecule has 7 nitrogen and oxygen atoms in total. The Balaban J connectivity index is 1.50. The van der Waals surface area contributed by atoms with Crippen molar-refractivity contribution in [3.05, 3.63) is 30.1 Å². The fraction of sp³-hybridized carbons (Fsp3) is 0.562. The summed E-state index contributed by atoms with van der Waals surface area (Å²) in [6, 6.07) is 6.32. The van der Waals surface area contributed by atoms with E-state index in [1.165, 1.54) is 12.1 Å². The first-order valence-electron chi connectivity index (χ1n) is 8.03. The number of likely N-dealkylation sites (N-methyl/N-ethyl adjacent to an activating group) is 1. The van der Waals surface area contributed by atoms with Crippen LogP contribution in [0.5, 0.6) is 5.75 Å². The number of tetrazole rings is 1. The first-order valence-corrected chi connectivity index (χ1v) is 8.03. The second kappa shape index (κ2) is 7.57. The first kappa shape index (κ1) is 16.6. The number of ether oxygens (including phenoxy) is 2. The minimum Gasteiger partial charge on any atom is -0.492 e. The van der Waals surface area contributed by atoms with Gasteiger partial charge >= 0.3 is 0 Å². The zero-order valence-electron chi connectivity index (χ0n) is 13.9. The van der Waals surface area contributed by atoms with Gasteiger partial charge in [0.05, 0.1) is 12.6 Å². The van der Waals surface area contributed by atoms with Gasteiger partial charge in [-0.3, -0.25) is 0 Å². The Labute approximate surface area is 140 Å². The van der Waals surface area contributed by atoms with Crippen LogP contribution in [0, 0.1) is 11.7 Å². The van der Waals surface area contributed by atoms with Gasteiger partial charge in [0.2, 0.25) is 5.95 Å². The van der Waals surface area contributed by atoms with E-state index in [9.17, 15) is 4.39 Å². The van der Waals surface area contributed by atoms with E-state index in [4.69, 9.17) is 9.47 Å². The molecule has 1 heterocycles. The molecule has 0 amide bonds. The second-order valence-corrected chi connectivity index (χ2v) is 6.09. The van der Waals surface area contributed by atoms with Crippen LogP contribution in [0.3, 0.4) is 0 Å². The van der Waals surface area contributed by atoms with Crippen molar-refractivity contribution in [2.75, 3.05) is 38.8 Å². The lowest BCUT2D eigenvalue weighted by molar-refractivity contribution is 0.0729. The second-order valence-electron chi connectivity index (χ2n) is 6.09. The summed E-state index contributed by atoms with van der Waals surface area (Å²) in [4.78, 5) is 1.97. The lowest BCUT2D eigenvalue weighted by Crippen LogP contribution is -2.34. The van der Waals surface area contributed by atoms with Crippen molar-refractivity contribution in [1.29, 1.82) is 0 Å². The van der Waals surface area contributed by atoms with Crippen LogP contribution in [0.1, 0.15) is 18.9 Å². The fourth-order valence-corrected chi connectivity index (χ4v) is 2.88. The van der Waals surface area contributed by atoms with Crippen molar-refractivity contribution in [2.24, 2.45) is 5.92 Å². The number of methoxy groups -OCH3 is 1. The van der Waals surface area contributed by atoms with E-state index in [1.54, 1.807) is 19.2 Å². The SMILES string of the molecule is COCC1CC(n2nnnc2N(C)CCOc2ccc(F)cc2)C1. The largest absolute Gasteiger partial charge is 0.492 e. The Morgan fingerprint density at radius 2 is 2.04 bits per heavy atom. The molecule has 0 N–H and O–H groups in total. The topological polar surface area (TPSA) is 65.3 Å². The van der Waals surface area contributed by atoms with E-state index in [1.807, 2.05) is 16.6 Å². The molecule has 0 unspecified atom stereocenters. The highest BCUT2D eigenvalue weighted by Crippen LogP contribution is 2.38. The number of anilines is 1. The van der Waals surface area contributed by atoms with E-state index >= 15 is 0 Å². The lowest BCUT2D eigenvalue weighted by Gasteiger charge is -2.35. The summed E-state index contributed by atoms with van der Waals surface area (Å²) in [5.74, 6) is 1.69. The number of rotatable bonds is 8. The molecule has 0 spiro atoms. The smallest absolute Gasteiger partial charge is 0.245 e.